The number of amides is 3. The maximum atomic E-state index is 12.4. The van der Waals surface area contributed by atoms with Crippen molar-refractivity contribution in [2.45, 2.75) is 6.54 Å². The number of nitrogens with zero attached hydrogens (tertiary/aromatic N) is 2. The van der Waals surface area contributed by atoms with Gasteiger partial charge in [-0.05, 0) is 23.6 Å². The lowest BCUT2D eigenvalue weighted by Crippen LogP contribution is -2.53. The Morgan fingerprint density at radius 1 is 1.07 bits per heavy atom. The van der Waals surface area contributed by atoms with E-state index < -0.39 is 0 Å². The standard InChI is InChI=1S/C19H23N3O4S/c1-25-16-4-3-14(17(11-16)26-2)12-20-19(24)22-8-6-21(7-9-22)18(23)15-5-10-27-13-15/h3-5,10-11,13H,6-9,12H2,1-2H3,(H,20,24). The molecule has 7 nitrogen and oxygen atoms in total. The predicted octanol–water partition coefficient (Wildman–Crippen LogP) is 2.43. The van der Waals surface area contributed by atoms with Gasteiger partial charge in [0.25, 0.3) is 5.91 Å². The Hall–Kier alpha value is -2.74. The normalized spacial score (nSPS) is 14.0. The number of carbonyl (C=O) groups is 2. The number of methoxy groups -OCH3 is 2. The van der Waals surface area contributed by atoms with E-state index >= 15 is 0 Å². The summed E-state index contributed by atoms with van der Waals surface area (Å²) >= 11 is 1.51. The van der Waals surface area contributed by atoms with E-state index in [4.69, 9.17) is 9.47 Å². The summed E-state index contributed by atoms with van der Waals surface area (Å²) in [5.41, 5.74) is 1.59. The van der Waals surface area contributed by atoms with Crippen molar-refractivity contribution in [3.8, 4) is 11.5 Å². The van der Waals surface area contributed by atoms with Crippen LogP contribution < -0.4 is 14.8 Å². The third kappa shape index (κ3) is 4.51. The summed E-state index contributed by atoms with van der Waals surface area (Å²) in [6.45, 7) is 2.46. The first-order valence-corrected chi connectivity index (χ1v) is 9.62. The lowest BCUT2D eigenvalue weighted by atomic mass is 10.2. The molecule has 1 aliphatic rings. The predicted molar refractivity (Wildman–Crippen MR) is 104 cm³/mol. The van der Waals surface area contributed by atoms with E-state index in [1.807, 2.05) is 29.0 Å². The highest BCUT2D eigenvalue weighted by Crippen LogP contribution is 2.24. The molecule has 27 heavy (non-hydrogen) atoms. The average molecular weight is 389 g/mol. The van der Waals surface area contributed by atoms with Crippen LogP contribution >= 0.6 is 11.3 Å². The molecule has 0 atom stereocenters. The van der Waals surface area contributed by atoms with Gasteiger partial charge in [0.15, 0.2) is 0 Å². The molecule has 0 saturated carbocycles. The highest BCUT2D eigenvalue weighted by atomic mass is 32.1. The third-order valence-electron chi connectivity index (χ3n) is 4.55. The van der Waals surface area contributed by atoms with Crippen molar-refractivity contribution in [2.24, 2.45) is 0 Å². The number of carbonyl (C=O) groups excluding carboxylic acids is 2. The summed E-state index contributed by atoms with van der Waals surface area (Å²) < 4.78 is 10.5. The third-order valence-corrected chi connectivity index (χ3v) is 5.23. The molecular formula is C19H23N3O4S. The topological polar surface area (TPSA) is 71.1 Å². The molecule has 2 heterocycles. The van der Waals surface area contributed by atoms with E-state index in [2.05, 4.69) is 5.32 Å². The lowest BCUT2D eigenvalue weighted by Gasteiger charge is -2.34. The molecule has 1 aromatic carbocycles. The molecule has 1 aromatic heterocycles. The fourth-order valence-electron chi connectivity index (χ4n) is 2.96. The number of hydrogen-bond acceptors (Lipinski definition) is 5. The number of thiophene rings is 1. The minimum absolute atomic E-state index is 0.0271. The first-order chi connectivity index (χ1) is 13.1. The highest BCUT2D eigenvalue weighted by molar-refractivity contribution is 7.08. The van der Waals surface area contributed by atoms with E-state index in [0.29, 0.717) is 49.8 Å². The van der Waals surface area contributed by atoms with Gasteiger partial charge in [-0.15, -0.1) is 0 Å². The summed E-state index contributed by atoms with van der Waals surface area (Å²) in [5, 5.41) is 6.66. The Labute approximate surface area is 162 Å². The van der Waals surface area contributed by atoms with Crippen LogP contribution in [0.25, 0.3) is 0 Å². The van der Waals surface area contributed by atoms with Gasteiger partial charge >= 0.3 is 6.03 Å². The number of ether oxygens (including phenoxy) is 2. The quantitative estimate of drug-likeness (QED) is 0.853. The van der Waals surface area contributed by atoms with Gasteiger partial charge in [0, 0.05) is 49.7 Å². The second-order valence-corrected chi connectivity index (χ2v) is 6.91. The number of urea groups is 1. The SMILES string of the molecule is COc1ccc(CNC(=O)N2CCN(C(=O)c3ccsc3)CC2)c(OC)c1. The van der Waals surface area contributed by atoms with Crippen molar-refractivity contribution < 1.29 is 19.1 Å². The van der Waals surface area contributed by atoms with Crippen molar-refractivity contribution in [1.29, 1.82) is 0 Å². The van der Waals surface area contributed by atoms with Crippen LogP contribution in [0.3, 0.4) is 0 Å². The zero-order valence-corrected chi connectivity index (χ0v) is 16.3. The Morgan fingerprint density at radius 3 is 2.44 bits per heavy atom. The van der Waals surface area contributed by atoms with E-state index in [9.17, 15) is 9.59 Å². The minimum Gasteiger partial charge on any atom is -0.497 e. The largest absolute Gasteiger partial charge is 0.497 e. The number of hydrogen-bond donors (Lipinski definition) is 1. The van der Waals surface area contributed by atoms with Gasteiger partial charge in [-0.2, -0.15) is 11.3 Å². The summed E-state index contributed by atoms with van der Waals surface area (Å²) in [5.74, 6) is 1.40. The lowest BCUT2D eigenvalue weighted by molar-refractivity contribution is 0.0665. The fraction of sp³-hybridized carbons (Fsp3) is 0.368. The Kier molecular flexibility index (Phi) is 6.18. The van der Waals surface area contributed by atoms with Gasteiger partial charge in [-0.1, -0.05) is 0 Å². The molecule has 8 heteroatoms. The molecule has 0 bridgehead atoms. The van der Waals surface area contributed by atoms with Crippen LogP contribution in [-0.2, 0) is 6.54 Å². The molecule has 1 N–H and O–H groups in total. The zero-order valence-electron chi connectivity index (χ0n) is 15.4. The van der Waals surface area contributed by atoms with Crippen LogP contribution in [0.2, 0.25) is 0 Å². The molecule has 0 unspecified atom stereocenters. The maximum absolute atomic E-state index is 12.4. The number of rotatable bonds is 5. The van der Waals surface area contributed by atoms with Crippen LogP contribution in [0.4, 0.5) is 4.79 Å². The van der Waals surface area contributed by atoms with Gasteiger partial charge in [-0.3, -0.25) is 4.79 Å². The first kappa shape index (κ1) is 19.0. The molecule has 2 aromatic rings. The Bertz CT molecular complexity index is 786. The van der Waals surface area contributed by atoms with Crippen molar-refractivity contribution >= 4 is 23.3 Å². The van der Waals surface area contributed by atoms with E-state index in [0.717, 1.165) is 5.56 Å². The number of benzene rings is 1. The van der Waals surface area contributed by atoms with Crippen LogP contribution in [0.5, 0.6) is 11.5 Å². The van der Waals surface area contributed by atoms with E-state index in [1.54, 1.807) is 30.1 Å². The molecule has 0 radical (unpaired) electrons. The molecule has 3 rings (SSSR count). The second kappa shape index (κ2) is 8.77. The smallest absolute Gasteiger partial charge is 0.317 e. The van der Waals surface area contributed by atoms with Gasteiger partial charge < -0.3 is 24.6 Å². The van der Waals surface area contributed by atoms with Crippen LogP contribution in [0, 0.1) is 0 Å². The van der Waals surface area contributed by atoms with Crippen LogP contribution in [0.15, 0.2) is 35.0 Å². The molecular weight excluding hydrogens is 366 g/mol. The van der Waals surface area contributed by atoms with Crippen LogP contribution in [-0.4, -0.2) is 62.1 Å². The zero-order chi connectivity index (χ0) is 19.2. The van der Waals surface area contributed by atoms with E-state index in [1.165, 1.54) is 11.3 Å². The van der Waals surface area contributed by atoms with Crippen molar-refractivity contribution in [1.82, 2.24) is 15.1 Å². The average Bonchev–Trinajstić information content (AvgIpc) is 3.26. The van der Waals surface area contributed by atoms with Crippen LogP contribution in [0.1, 0.15) is 15.9 Å². The van der Waals surface area contributed by atoms with Crippen molar-refractivity contribution in [3.63, 3.8) is 0 Å². The molecule has 144 valence electrons. The molecule has 0 spiro atoms. The summed E-state index contributed by atoms with van der Waals surface area (Å²) in [6, 6.07) is 7.18. The maximum Gasteiger partial charge on any atom is 0.317 e. The Balaban J connectivity index is 1.51. The first-order valence-electron chi connectivity index (χ1n) is 8.67. The number of piperazine rings is 1. The fourth-order valence-corrected chi connectivity index (χ4v) is 3.59. The summed E-state index contributed by atoms with van der Waals surface area (Å²) in [4.78, 5) is 28.3. The van der Waals surface area contributed by atoms with Gasteiger partial charge in [0.05, 0.1) is 19.8 Å². The highest BCUT2D eigenvalue weighted by Gasteiger charge is 2.25. The minimum atomic E-state index is -0.143. The molecule has 1 aliphatic heterocycles. The van der Waals surface area contributed by atoms with Crippen molar-refractivity contribution in [2.75, 3.05) is 40.4 Å². The Morgan fingerprint density at radius 2 is 1.81 bits per heavy atom. The second-order valence-electron chi connectivity index (χ2n) is 6.13. The van der Waals surface area contributed by atoms with Gasteiger partial charge in [0.1, 0.15) is 11.5 Å². The summed E-state index contributed by atoms with van der Waals surface area (Å²) in [7, 11) is 3.18. The van der Waals surface area contributed by atoms with Gasteiger partial charge in [-0.25, -0.2) is 4.79 Å². The number of nitrogens with one attached hydrogen (secondary N) is 1. The monoisotopic (exact) mass is 389 g/mol. The summed E-state index contributed by atoms with van der Waals surface area (Å²) in [6.07, 6.45) is 0. The molecule has 1 fully saturated rings. The molecule has 1 saturated heterocycles. The van der Waals surface area contributed by atoms with Crippen molar-refractivity contribution in [3.05, 3.63) is 46.2 Å². The molecule has 0 aliphatic carbocycles. The molecule has 3 amide bonds. The van der Waals surface area contributed by atoms with E-state index in [-0.39, 0.29) is 11.9 Å². The van der Waals surface area contributed by atoms with Gasteiger partial charge in [0.2, 0.25) is 0 Å².